The third-order valence-electron chi connectivity index (χ3n) is 4.10. The van der Waals surface area contributed by atoms with E-state index in [0.717, 1.165) is 18.8 Å². The second-order valence-electron chi connectivity index (χ2n) is 5.14. The van der Waals surface area contributed by atoms with Crippen molar-refractivity contribution in [2.24, 2.45) is 11.3 Å². The molecule has 0 N–H and O–H groups in total. The maximum atomic E-state index is 11.1. The highest BCUT2D eigenvalue weighted by Gasteiger charge is 2.34. The molecule has 1 saturated carbocycles. The Bertz CT molecular complexity index is 248. The van der Waals surface area contributed by atoms with Crippen molar-refractivity contribution in [3.05, 3.63) is 12.2 Å². The van der Waals surface area contributed by atoms with E-state index in [1.165, 1.54) is 32.1 Å². The van der Waals surface area contributed by atoms with Crippen LogP contribution in [0.2, 0.25) is 0 Å². The molecule has 0 amide bonds. The minimum absolute atomic E-state index is 0.318. The van der Waals surface area contributed by atoms with E-state index in [4.69, 9.17) is 0 Å². The number of rotatable bonds is 1. The van der Waals surface area contributed by atoms with Crippen LogP contribution in [0.1, 0.15) is 51.9 Å². The van der Waals surface area contributed by atoms with Gasteiger partial charge in [0.25, 0.3) is 0 Å². The third-order valence-corrected chi connectivity index (χ3v) is 4.10. The Hall–Kier alpha value is -0.590. The fourth-order valence-corrected chi connectivity index (χ4v) is 2.94. The Labute approximate surface area is 86.6 Å². The summed E-state index contributed by atoms with van der Waals surface area (Å²) in [6.45, 7) is 2.34. The van der Waals surface area contributed by atoms with Crippen LogP contribution in [0.5, 0.6) is 0 Å². The second kappa shape index (κ2) is 3.88. The summed E-state index contributed by atoms with van der Waals surface area (Å²) in [6, 6.07) is 0. The van der Waals surface area contributed by atoms with E-state index in [2.05, 4.69) is 13.0 Å². The number of carbonyl (C=O) groups excluding carboxylic acids is 1. The molecule has 0 aromatic heterocycles. The molecule has 14 heavy (non-hydrogen) atoms. The molecule has 2 aliphatic carbocycles. The number of hydrogen-bond donors (Lipinski definition) is 0. The predicted molar refractivity (Wildman–Crippen MR) is 58.1 cm³/mol. The molecule has 0 aromatic carbocycles. The lowest BCUT2D eigenvalue weighted by atomic mass is 9.66. The molecule has 1 nitrogen and oxygen atoms in total. The molecule has 0 unspecified atom stereocenters. The normalized spacial score (nSPS) is 34.8. The summed E-state index contributed by atoms with van der Waals surface area (Å²) < 4.78 is 0. The molecule has 78 valence electrons. The summed E-state index contributed by atoms with van der Waals surface area (Å²) in [5.41, 5.74) is 0.328. The molecule has 1 atom stereocenters. The van der Waals surface area contributed by atoms with Crippen LogP contribution >= 0.6 is 0 Å². The Kier molecular flexibility index (Phi) is 2.76. The highest BCUT2D eigenvalue weighted by molar-refractivity contribution is 5.90. The zero-order valence-corrected chi connectivity index (χ0v) is 9.09. The molecule has 1 fully saturated rings. The Morgan fingerprint density at radius 3 is 2.57 bits per heavy atom. The minimum atomic E-state index is 0.318. The van der Waals surface area contributed by atoms with Crippen molar-refractivity contribution in [2.45, 2.75) is 51.9 Å². The van der Waals surface area contributed by atoms with E-state index in [0.29, 0.717) is 11.2 Å². The number of ketones is 1. The predicted octanol–water partition coefficient (Wildman–Crippen LogP) is 3.49. The zero-order valence-electron chi connectivity index (χ0n) is 9.09. The third kappa shape index (κ3) is 1.92. The SMILES string of the molecule is C[C@@]1(C2CCCCC2)C=CC(=O)CC1. The molecule has 2 rings (SSSR count). The fraction of sp³-hybridized carbons (Fsp3) is 0.769. The van der Waals surface area contributed by atoms with E-state index in [9.17, 15) is 4.79 Å². The first kappa shape index (κ1) is 9.95. The van der Waals surface area contributed by atoms with E-state index in [1.54, 1.807) is 0 Å². The standard InChI is InChI=1S/C13H20O/c1-13(9-7-12(14)8-10-13)11-5-3-2-4-6-11/h7,9,11H,2-6,8,10H2,1H3/t13-/m1/s1. The van der Waals surface area contributed by atoms with E-state index in [1.807, 2.05) is 6.08 Å². The summed E-state index contributed by atoms with van der Waals surface area (Å²) in [4.78, 5) is 11.1. The smallest absolute Gasteiger partial charge is 0.155 e. The lowest BCUT2D eigenvalue weighted by molar-refractivity contribution is -0.115. The van der Waals surface area contributed by atoms with Gasteiger partial charge < -0.3 is 0 Å². The van der Waals surface area contributed by atoms with Gasteiger partial charge in [-0.1, -0.05) is 32.3 Å². The molecule has 0 spiro atoms. The molecule has 0 heterocycles. The van der Waals surface area contributed by atoms with Gasteiger partial charge in [-0.15, -0.1) is 0 Å². The maximum Gasteiger partial charge on any atom is 0.155 e. The van der Waals surface area contributed by atoms with Gasteiger partial charge in [0.1, 0.15) is 0 Å². The van der Waals surface area contributed by atoms with Crippen molar-refractivity contribution >= 4 is 5.78 Å². The van der Waals surface area contributed by atoms with Gasteiger partial charge in [0.15, 0.2) is 5.78 Å². The summed E-state index contributed by atoms with van der Waals surface area (Å²) in [5.74, 6) is 1.15. The zero-order chi connectivity index (χ0) is 10.0. The lowest BCUT2D eigenvalue weighted by Gasteiger charge is -2.39. The van der Waals surface area contributed by atoms with Crippen molar-refractivity contribution in [2.75, 3.05) is 0 Å². The highest BCUT2D eigenvalue weighted by atomic mass is 16.1. The largest absolute Gasteiger partial charge is 0.295 e. The van der Waals surface area contributed by atoms with Crippen molar-refractivity contribution in [1.82, 2.24) is 0 Å². The van der Waals surface area contributed by atoms with Crippen LogP contribution in [0.25, 0.3) is 0 Å². The van der Waals surface area contributed by atoms with Crippen LogP contribution in [0.3, 0.4) is 0 Å². The Morgan fingerprint density at radius 2 is 2.00 bits per heavy atom. The van der Waals surface area contributed by atoms with Gasteiger partial charge >= 0.3 is 0 Å². The lowest BCUT2D eigenvalue weighted by Crippen LogP contribution is -2.30. The summed E-state index contributed by atoms with van der Waals surface area (Å²) >= 11 is 0. The Morgan fingerprint density at radius 1 is 1.29 bits per heavy atom. The van der Waals surface area contributed by atoms with Crippen molar-refractivity contribution in [3.63, 3.8) is 0 Å². The molecule has 0 aliphatic heterocycles. The molecule has 0 radical (unpaired) electrons. The monoisotopic (exact) mass is 192 g/mol. The number of carbonyl (C=O) groups is 1. The summed E-state index contributed by atoms with van der Waals surface area (Å²) in [6.07, 6.45) is 12.8. The van der Waals surface area contributed by atoms with Gasteiger partial charge in [0.2, 0.25) is 0 Å². The average Bonchev–Trinajstić information content (AvgIpc) is 2.24. The van der Waals surface area contributed by atoms with E-state index < -0.39 is 0 Å². The summed E-state index contributed by atoms with van der Waals surface area (Å²) in [5, 5.41) is 0. The summed E-state index contributed by atoms with van der Waals surface area (Å²) in [7, 11) is 0. The first-order chi connectivity index (χ1) is 6.71. The van der Waals surface area contributed by atoms with Gasteiger partial charge in [-0.05, 0) is 36.7 Å². The van der Waals surface area contributed by atoms with Crippen LogP contribution in [-0.4, -0.2) is 5.78 Å². The average molecular weight is 192 g/mol. The molecule has 0 aromatic rings. The van der Waals surface area contributed by atoms with Crippen LogP contribution in [0.4, 0.5) is 0 Å². The van der Waals surface area contributed by atoms with Crippen LogP contribution in [0, 0.1) is 11.3 Å². The van der Waals surface area contributed by atoms with E-state index >= 15 is 0 Å². The minimum Gasteiger partial charge on any atom is -0.295 e. The molecule has 1 heteroatoms. The van der Waals surface area contributed by atoms with Gasteiger partial charge in [0.05, 0.1) is 0 Å². The first-order valence-corrected chi connectivity index (χ1v) is 5.93. The first-order valence-electron chi connectivity index (χ1n) is 5.93. The van der Waals surface area contributed by atoms with Crippen LogP contribution in [-0.2, 0) is 4.79 Å². The molecular weight excluding hydrogens is 172 g/mol. The second-order valence-corrected chi connectivity index (χ2v) is 5.14. The van der Waals surface area contributed by atoms with Crippen molar-refractivity contribution in [1.29, 1.82) is 0 Å². The van der Waals surface area contributed by atoms with Gasteiger partial charge in [-0.25, -0.2) is 0 Å². The van der Waals surface area contributed by atoms with Gasteiger partial charge in [-0.3, -0.25) is 4.79 Å². The number of allylic oxidation sites excluding steroid dienone is 2. The van der Waals surface area contributed by atoms with Gasteiger partial charge in [-0.2, -0.15) is 0 Å². The van der Waals surface area contributed by atoms with Crippen molar-refractivity contribution < 1.29 is 4.79 Å². The fourth-order valence-electron chi connectivity index (χ4n) is 2.94. The maximum absolute atomic E-state index is 11.1. The van der Waals surface area contributed by atoms with Crippen LogP contribution in [0.15, 0.2) is 12.2 Å². The van der Waals surface area contributed by atoms with Gasteiger partial charge in [0, 0.05) is 6.42 Å². The van der Waals surface area contributed by atoms with Crippen LogP contribution < -0.4 is 0 Å². The molecule has 0 saturated heterocycles. The van der Waals surface area contributed by atoms with E-state index in [-0.39, 0.29) is 0 Å². The Balaban J connectivity index is 2.07. The topological polar surface area (TPSA) is 17.1 Å². The quantitative estimate of drug-likeness (QED) is 0.621. The molecular formula is C13H20O. The highest BCUT2D eigenvalue weighted by Crippen LogP contribution is 2.44. The number of hydrogen-bond acceptors (Lipinski definition) is 1. The molecule has 0 bridgehead atoms. The molecule has 2 aliphatic rings. The van der Waals surface area contributed by atoms with Crippen molar-refractivity contribution in [3.8, 4) is 0 Å².